The Balaban J connectivity index is 2.44. The monoisotopic (exact) mass is 257 g/mol. The van der Waals surface area contributed by atoms with Crippen LogP contribution in [0.3, 0.4) is 0 Å². The van der Waals surface area contributed by atoms with Crippen LogP contribution < -0.4 is 10.1 Å². The Morgan fingerprint density at radius 2 is 2.17 bits per heavy atom. The fourth-order valence-electron chi connectivity index (χ4n) is 1.13. The van der Waals surface area contributed by atoms with E-state index >= 15 is 0 Å². The minimum Gasteiger partial charge on any atom is -0.484 e. The van der Waals surface area contributed by atoms with Gasteiger partial charge < -0.3 is 20.3 Å². The lowest BCUT2D eigenvalue weighted by molar-refractivity contribution is -0.143. The zero-order valence-corrected chi connectivity index (χ0v) is 9.30. The molecule has 1 amide bonds. The molecule has 1 rings (SSSR count). The van der Waals surface area contributed by atoms with Gasteiger partial charge in [-0.1, -0.05) is 6.07 Å². The summed E-state index contributed by atoms with van der Waals surface area (Å²) in [6, 6.07) is 3.80. The van der Waals surface area contributed by atoms with Gasteiger partial charge in [0.05, 0.1) is 6.61 Å². The van der Waals surface area contributed by atoms with Gasteiger partial charge in [0.1, 0.15) is 17.6 Å². The molecule has 0 unspecified atom stereocenters. The molecule has 0 saturated heterocycles. The van der Waals surface area contributed by atoms with Gasteiger partial charge in [-0.15, -0.1) is 0 Å². The second kappa shape index (κ2) is 6.55. The first kappa shape index (κ1) is 13.9. The molecule has 1 atom stereocenters. The highest BCUT2D eigenvalue weighted by Crippen LogP contribution is 2.11. The Bertz CT molecular complexity index is 437. The van der Waals surface area contributed by atoms with Crippen molar-refractivity contribution in [3.05, 3.63) is 30.1 Å². The lowest BCUT2D eigenvalue weighted by Crippen LogP contribution is -2.45. The summed E-state index contributed by atoms with van der Waals surface area (Å²) >= 11 is 0. The number of aliphatic carboxylic acids is 1. The third-order valence-electron chi connectivity index (χ3n) is 1.98. The van der Waals surface area contributed by atoms with Crippen LogP contribution in [-0.2, 0) is 9.59 Å². The number of rotatable bonds is 6. The second-order valence-electron chi connectivity index (χ2n) is 3.39. The summed E-state index contributed by atoms with van der Waals surface area (Å²) in [5.74, 6) is -2.43. The lowest BCUT2D eigenvalue weighted by atomic mass is 10.3. The smallest absolute Gasteiger partial charge is 0.328 e. The maximum absolute atomic E-state index is 12.8. The van der Waals surface area contributed by atoms with Crippen molar-refractivity contribution >= 4 is 11.9 Å². The number of carboxylic acid groups (broad SMARTS) is 1. The molecule has 0 saturated carbocycles. The van der Waals surface area contributed by atoms with E-state index in [-0.39, 0.29) is 5.75 Å². The average Bonchev–Trinajstić information content (AvgIpc) is 2.33. The van der Waals surface area contributed by atoms with Crippen LogP contribution in [0.5, 0.6) is 5.75 Å². The van der Waals surface area contributed by atoms with Gasteiger partial charge in [-0.3, -0.25) is 4.79 Å². The summed E-state index contributed by atoms with van der Waals surface area (Å²) in [7, 11) is 0. The van der Waals surface area contributed by atoms with Gasteiger partial charge in [-0.05, 0) is 12.1 Å². The average molecular weight is 257 g/mol. The Morgan fingerprint density at radius 3 is 2.72 bits per heavy atom. The first-order chi connectivity index (χ1) is 8.52. The molecule has 3 N–H and O–H groups in total. The Kier molecular flexibility index (Phi) is 5.06. The van der Waals surface area contributed by atoms with E-state index in [1.54, 1.807) is 0 Å². The number of hydrogen-bond donors (Lipinski definition) is 3. The summed E-state index contributed by atoms with van der Waals surface area (Å²) < 4.78 is 17.7. The zero-order chi connectivity index (χ0) is 13.5. The van der Waals surface area contributed by atoms with Crippen molar-refractivity contribution in [3.63, 3.8) is 0 Å². The minimum atomic E-state index is -1.38. The molecule has 98 valence electrons. The standard InChI is InChI=1S/C11H12FNO5/c12-7-2-1-3-8(4-7)18-6-10(15)13-9(5-14)11(16)17/h1-4,9,14H,5-6H2,(H,13,15)(H,16,17)/t9-/m1/s1. The van der Waals surface area contributed by atoms with Gasteiger partial charge in [-0.2, -0.15) is 0 Å². The van der Waals surface area contributed by atoms with Crippen molar-refractivity contribution in [3.8, 4) is 5.75 Å². The number of amides is 1. The minimum absolute atomic E-state index is 0.154. The quantitative estimate of drug-likeness (QED) is 0.654. The molecule has 0 aromatic heterocycles. The molecule has 0 spiro atoms. The van der Waals surface area contributed by atoms with E-state index in [1.807, 2.05) is 5.32 Å². The van der Waals surface area contributed by atoms with Gasteiger partial charge in [0.2, 0.25) is 0 Å². The van der Waals surface area contributed by atoms with E-state index in [0.717, 1.165) is 6.07 Å². The summed E-state index contributed by atoms with van der Waals surface area (Å²) in [5, 5.41) is 19.3. The molecule has 0 radical (unpaired) electrons. The number of carbonyl (C=O) groups excluding carboxylic acids is 1. The van der Waals surface area contributed by atoms with Crippen LogP contribution in [0, 0.1) is 5.82 Å². The summed E-state index contributed by atoms with van der Waals surface area (Å²) in [5.41, 5.74) is 0. The summed E-state index contributed by atoms with van der Waals surface area (Å²) in [6.45, 7) is -1.19. The van der Waals surface area contributed by atoms with Crippen LogP contribution in [0.15, 0.2) is 24.3 Å². The number of aliphatic hydroxyl groups excluding tert-OH is 1. The number of carboxylic acids is 1. The largest absolute Gasteiger partial charge is 0.484 e. The summed E-state index contributed by atoms with van der Waals surface area (Å²) in [4.78, 5) is 21.8. The third-order valence-corrected chi connectivity index (χ3v) is 1.98. The fraction of sp³-hybridized carbons (Fsp3) is 0.273. The number of halogens is 1. The van der Waals surface area contributed by atoms with Crippen molar-refractivity contribution in [2.75, 3.05) is 13.2 Å². The molecular weight excluding hydrogens is 245 g/mol. The van der Waals surface area contributed by atoms with E-state index in [1.165, 1.54) is 18.2 Å². The van der Waals surface area contributed by atoms with Gasteiger partial charge in [0.25, 0.3) is 5.91 Å². The number of ether oxygens (including phenoxy) is 1. The highest BCUT2D eigenvalue weighted by molar-refractivity contribution is 5.84. The van der Waals surface area contributed by atoms with Crippen molar-refractivity contribution in [1.29, 1.82) is 0 Å². The normalized spacial score (nSPS) is 11.7. The number of aliphatic hydroxyl groups is 1. The van der Waals surface area contributed by atoms with Gasteiger partial charge in [-0.25, -0.2) is 9.18 Å². The first-order valence-electron chi connectivity index (χ1n) is 5.04. The number of nitrogens with one attached hydrogen (secondary N) is 1. The number of carbonyl (C=O) groups is 2. The molecular formula is C11H12FNO5. The Hall–Kier alpha value is -2.15. The zero-order valence-electron chi connectivity index (χ0n) is 9.30. The van der Waals surface area contributed by atoms with E-state index in [2.05, 4.69) is 0 Å². The van der Waals surface area contributed by atoms with E-state index in [4.69, 9.17) is 14.9 Å². The van der Waals surface area contributed by atoms with Crippen LogP contribution in [0.1, 0.15) is 0 Å². The molecule has 0 fully saturated rings. The molecule has 0 aliphatic rings. The number of benzene rings is 1. The molecule has 0 heterocycles. The maximum atomic E-state index is 12.8. The number of hydrogen-bond acceptors (Lipinski definition) is 4. The van der Waals surface area contributed by atoms with Crippen LogP contribution in [0.25, 0.3) is 0 Å². The van der Waals surface area contributed by atoms with E-state index < -0.39 is 36.9 Å². The predicted octanol–water partition coefficient (Wildman–Crippen LogP) is -0.234. The Morgan fingerprint density at radius 1 is 1.44 bits per heavy atom. The van der Waals surface area contributed by atoms with Crippen LogP contribution in [-0.4, -0.2) is 41.3 Å². The molecule has 7 heteroatoms. The molecule has 0 aliphatic heterocycles. The highest BCUT2D eigenvalue weighted by atomic mass is 19.1. The third kappa shape index (κ3) is 4.38. The van der Waals surface area contributed by atoms with Crippen LogP contribution in [0.2, 0.25) is 0 Å². The van der Waals surface area contributed by atoms with Gasteiger partial charge in [0.15, 0.2) is 6.61 Å². The molecule has 0 aliphatic carbocycles. The lowest BCUT2D eigenvalue weighted by Gasteiger charge is -2.12. The van der Waals surface area contributed by atoms with Gasteiger partial charge >= 0.3 is 5.97 Å². The van der Waals surface area contributed by atoms with Crippen molar-refractivity contribution < 1.29 is 28.9 Å². The van der Waals surface area contributed by atoms with Gasteiger partial charge in [0, 0.05) is 6.07 Å². The molecule has 1 aromatic carbocycles. The Labute approximate surface area is 102 Å². The van der Waals surface area contributed by atoms with Crippen molar-refractivity contribution in [1.82, 2.24) is 5.32 Å². The summed E-state index contributed by atoms with van der Waals surface area (Å²) in [6.07, 6.45) is 0. The molecule has 18 heavy (non-hydrogen) atoms. The molecule has 6 nitrogen and oxygen atoms in total. The molecule has 0 bridgehead atoms. The van der Waals surface area contributed by atoms with Crippen LogP contribution >= 0.6 is 0 Å². The predicted molar refractivity (Wildman–Crippen MR) is 58.5 cm³/mol. The SMILES string of the molecule is O=C(COc1cccc(F)c1)N[C@H](CO)C(=O)O. The van der Waals surface area contributed by atoms with Crippen LogP contribution in [0.4, 0.5) is 4.39 Å². The van der Waals surface area contributed by atoms with Crippen molar-refractivity contribution in [2.45, 2.75) is 6.04 Å². The maximum Gasteiger partial charge on any atom is 0.328 e. The highest BCUT2D eigenvalue weighted by Gasteiger charge is 2.18. The van der Waals surface area contributed by atoms with Crippen molar-refractivity contribution in [2.24, 2.45) is 0 Å². The van der Waals surface area contributed by atoms with E-state index in [9.17, 15) is 14.0 Å². The molecule has 1 aromatic rings. The second-order valence-corrected chi connectivity index (χ2v) is 3.39. The fourth-order valence-corrected chi connectivity index (χ4v) is 1.13. The first-order valence-corrected chi connectivity index (χ1v) is 5.04. The topological polar surface area (TPSA) is 95.9 Å². The van der Waals surface area contributed by atoms with E-state index in [0.29, 0.717) is 0 Å².